The minimum Gasteiger partial charge on any atom is -0.349 e. The summed E-state index contributed by atoms with van der Waals surface area (Å²) in [6.45, 7) is 1.21. The third-order valence-corrected chi connectivity index (χ3v) is 7.46. The molecule has 0 saturated carbocycles. The van der Waals surface area contributed by atoms with Crippen LogP contribution in [0.2, 0.25) is 5.02 Å². The molecular weight excluding hydrogens is 472 g/mol. The van der Waals surface area contributed by atoms with Gasteiger partial charge in [0, 0.05) is 44.7 Å². The van der Waals surface area contributed by atoms with E-state index < -0.39 is 0 Å². The molecule has 2 heterocycles. The first-order chi connectivity index (χ1) is 14.0. The summed E-state index contributed by atoms with van der Waals surface area (Å²) in [6.07, 6.45) is 2.29. The highest BCUT2D eigenvalue weighted by Crippen LogP contribution is 2.38. The molecule has 2 aliphatic heterocycles. The molecule has 4 nitrogen and oxygen atoms in total. The van der Waals surface area contributed by atoms with Gasteiger partial charge in [0.2, 0.25) is 5.91 Å². The van der Waals surface area contributed by atoms with Crippen LogP contribution in [-0.4, -0.2) is 35.6 Å². The third kappa shape index (κ3) is 4.81. The molecule has 0 bridgehead atoms. The first-order valence-electron chi connectivity index (χ1n) is 9.79. The van der Waals surface area contributed by atoms with E-state index in [0.29, 0.717) is 36.5 Å². The second-order valence-electron chi connectivity index (χ2n) is 7.45. The second-order valence-corrected chi connectivity index (χ2v) is 9.94. The summed E-state index contributed by atoms with van der Waals surface area (Å²) in [5.74, 6) is 1.05. The van der Waals surface area contributed by atoms with Crippen LogP contribution in [0.1, 0.15) is 41.2 Å². The molecule has 29 heavy (non-hydrogen) atoms. The van der Waals surface area contributed by atoms with Gasteiger partial charge in [-0.1, -0.05) is 27.5 Å². The van der Waals surface area contributed by atoms with Crippen molar-refractivity contribution >= 4 is 51.1 Å². The zero-order valence-electron chi connectivity index (χ0n) is 15.9. The Hall–Kier alpha value is -1.50. The number of piperidine rings is 1. The number of likely N-dealkylation sites (tertiary alicyclic amines) is 1. The molecule has 152 valence electrons. The minimum absolute atomic E-state index is 0.0138. The Morgan fingerprint density at radius 2 is 1.79 bits per heavy atom. The van der Waals surface area contributed by atoms with Crippen LogP contribution < -0.4 is 5.32 Å². The van der Waals surface area contributed by atoms with E-state index in [1.165, 1.54) is 4.90 Å². The Labute approximate surface area is 188 Å². The third-order valence-electron chi connectivity index (χ3n) is 5.57. The molecule has 0 radical (unpaired) electrons. The number of thioether (sulfide) groups is 1. The van der Waals surface area contributed by atoms with Crippen molar-refractivity contribution in [3.05, 3.63) is 63.1 Å². The van der Waals surface area contributed by atoms with Gasteiger partial charge in [-0.15, -0.1) is 11.8 Å². The molecule has 2 aromatic carbocycles. The molecule has 2 aliphatic rings. The average Bonchev–Trinajstić information content (AvgIpc) is 2.74. The quantitative estimate of drug-likeness (QED) is 0.630. The van der Waals surface area contributed by atoms with E-state index >= 15 is 0 Å². The van der Waals surface area contributed by atoms with Gasteiger partial charge in [-0.3, -0.25) is 9.59 Å². The van der Waals surface area contributed by atoms with Crippen LogP contribution in [-0.2, 0) is 4.79 Å². The molecule has 1 fully saturated rings. The van der Waals surface area contributed by atoms with E-state index in [9.17, 15) is 9.59 Å². The highest BCUT2D eigenvalue weighted by atomic mass is 79.9. The fourth-order valence-corrected chi connectivity index (χ4v) is 5.48. The second kappa shape index (κ2) is 9.11. The lowest BCUT2D eigenvalue weighted by atomic mass is 9.94. The van der Waals surface area contributed by atoms with Gasteiger partial charge in [0.15, 0.2) is 0 Å². The number of carbonyl (C=O) groups is 2. The molecule has 1 N–H and O–H groups in total. The Morgan fingerprint density at radius 1 is 1.07 bits per heavy atom. The fourth-order valence-electron chi connectivity index (χ4n) is 3.92. The number of amides is 2. The van der Waals surface area contributed by atoms with Gasteiger partial charge in [-0.2, -0.15) is 0 Å². The Balaban J connectivity index is 1.35. The van der Waals surface area contributed by atoms with Gasteiger partial charge in [0.25, 0.3) is 5.91 Å². The number of hydrogen-bond donors (Lipinski definition) is 1. The minimum atomic E-state index is -0.0545. The summed E-state index contributed by atoms with van der Waals surface area (Å²) in [4.78, 5) is 28.6. The van der Waals surface area contributed by atoms with Crippen molar-refractivity contribution in [3.63, 3.8) is 0 Å². The van der Waals surface area contributed by atoms with Crippen LogP contribution in [0.4, 0.5) is 0 Å². The lowest BCUT2D eigenvalue weighted by Gasteiger charge is -2.33. The molecule has 0 unspecified atom stereocenters. The zero-order valence-corrected chi connectivity index (χ0v) is 19.0. The van der Waals surface area contributed by atoms with Crippen LogP contribution >= 0.6 is 39.3 Å². The van der Waals surface area contributed by atoms with Crippen LogP contribution in [0.25, 0.3) is 0 Å². The van der Waals surface area contributed by atoms with Crippen LogP contribution in [0, 0.1) is 5.92 Å². The maximum absolute atomic E-state index is 12.9. The first kappa shape index (κ1) is 20.8. The highest BCUT2D eigenvalue weighted by molar-refractivity contribution is 9.10. The number of fused-ring (bicyclic) bond motifs is 1. The standard InChI is InChI=1S/C22H22BrClN2O2S/c23-16-3-1-15(2-4-16)22(28)26-10-7-14(8-11-26)21(27)25-19-9-12-29-20-6-5-17(24)13-18(19)20/h1-6,13-14,19H,7-12H2,(H,25,27)/t19-/m0/s1. The SMILES string of the molecule is O=C(N[C@H]1CCSc2ccc(Cl)cc21)C1CCN(C(=O)c2ccc(Br)cc2)CC1. The molecule has 0 aromatic heterocycles. The largest absolute Gasteiger partial charge is 0.349 e. The van der Waals surface area contributed by atoms with E-state index in [1.54, 1.807) is 0 Å². The van der Waals surface area contributed by atoms with Gasteiger partial charge in [-0.05, 0) is 67.3 Å². The Kier molecular flexibility index (Phi) is 6.52. The first-order valence-corrected chi connectivity index (χ1v) is 11.9. The van der Waals surface area contributed by atoms with Crippen molar-refractivity contribution in [2.24, 2.45) is 5.92 Å². The number of rotatable bonds is 3. The summed E-state index contributed by atoms with van der Waals surface area (Å²) >= 11 is 11.4. The summed E-state index contributed by atoms with van der Waals surface area (Å²) in [7, 11) is 0. The van der Waals surface area contributed by atoms with Crippen LogP contribution in [0.3, 0.4) is 0 Å². The summed E-state index contributed by atoms with van der Waals surface area (Å²) in [6, 6.07) is 13.3. The Morgan fingerprint density at radius 3 is 2.52 bits per heavy atom. The highest BCUT2D eigenvalue weighted by Gasteiger charge is 2.30. The van der Waals surface area contributed by atoms with E-state index in [0.717, 1.165) is 22.2 Å². The predicted octanol–water partition coefficient (Wildman–Crippen LogP) is 5.31. The molecule has 0 aliphatic carbocycles. The van der Waals surface area contributed by atoms with Gasteiger partial charge in [0.1, 0.15) is 0 Å². The molecule has 4 rings (SSSR count). The van der Waals surface area contributed by atoms with Crippen LogP contribution in [0.5, 0.6) is 0 Å². The van der Waals surface area contributed by atoms with Crippen molar-refractivity contribution in [1.29, 1.82) is 0 Å². The normalized spacial score (nSPS) is 19.5. The number of nitrogens with zero attached hydrogens (tertiary/aromatic N) is 1. The number of nitrogens with one attached hydrogen (secondary N) is 1. The van der Waals surface area contributed by atoms with Gasteiger partial charge in [0.05, 0.1) is 6.04 Å². The van der Waals surface area contributed by atoms with Crippen molar-refractivity contribution in [2.45, 2.75) is 30.2 Å². The molecule has 0 spiro atoms. The molecule has 2 aromatic rings. The molecule has 1 atom stereocenters. The summed E-state index contributed by atoms with van der Waals surface area (Å²) in [5, 5.41) is 3.93. The number of benzene rings is 2. The van der Waals surface area contributed by atoms with E-state index in [-0.39, 0.29) is 23.8 Å². The van der Waals surface area contributed by atoms with Crippen molar-refractivity contribution in [1.82, 2.24) is 10.2 Å². The van der Waals surface area contributed by atoms with Gasteiger partial charge >= 0.3 is 0 Å². The number of halogens is 2. The topological polar surface area (TPSA) is 49.4 Å². The van der Waals surface area contributed by atoms with E-state index in [1.807, 2.05) is 59.1 Å². The summed E-state index contributed by atoms with van der Waals surface area (Å²) < 4.78 is 0.952. The lowest BCUT2D eigenvalue weighted by Crippen LogP contribution is -2.44. The van der Waals surface area contributed by atoms with Gasteiger partial charge < -0.3 is 10.2 Å². The maximum Gasteiger partial charge on any atom is 0.253 e. The molecule has 2 amide bonds. The van der Waals surface area contributed by atoms with Crippen molar-refractivity contribution < 1.29 is 9.59 Å². The number of carbonyl (C=O) groups excluding carboxylic acids is 2. The van der Waals surface area contributed by atoms with Gasteiger partial charge in [-0.25, -0.2) is 0 Å². The van der Waals surface area contributed by atoms with E-state index in [2.05, 4.69) is 21.2 Å². The zero-order chi connectivity index (χ0) is 20.4. The predicted molar refractivity (Wildman–Crippen MR) is 120 cm³/mol. The Bertz CT molecular complexity index is 914. The number of hydrogen-bond acceptors (Lipinski definition) is 3. The maximum atomic E-state index is 12.9. The average molecular weight is 494 g/mol. The molecular formula is C22H22BrClN2O2S. The monoisotopic (exact) mass is 492 g/mol. The van der Waals surface area contributed by atoms with E-state index in [4.69, 9.17) is 11.6 Å². The molecule has 1 saturated heterocycles. The smallest absolute Gasteiger partial charge is 0.253 e. The molecule has 7 heteroatoms. The van der Waals surface area contributed by atoms with Crippen molar-refractivity contribution in [3.8, 4) is 0 Å². The fraction of sp³-hybridized carbons (Fsp3) is 0.364. The summed E-state index contributed by atoms with van der Waals surface area (Å²) in [5.41, 5.74) is 1.80. The lowest BCUT2D eigenvalue weighted by molar-refractivity contribution is -0.127. The van der Waals surface area contributed by atoms with Crippen LogP contribution in [0.15, 0.2) is 51.8 Å². The van der Waals surface area contributed by atoms with Crippen molar-refractivity contribution in [2.75, 3.05) is 18.8 Å².